The quantitative estimate of drug-likeness (QED) is 0.725. The first-order valence-electron chi connectivity index (χ1n) is 10.0. The molecule has 7 heteroatoms. The van der Waals surface area contributed by atoms with Gasteiger partial charge in [-0.05, 0) is 30.7 Å². The maximum absolute atomic E-state index is 13.2. The van der Waals surface area contributed by atoms with Crippen LogP contribution in [0.15, 0.2) is 54.7 Å². The third kappa shape index (κ3) is 3.81. The van der Waals surface area contributed by atoms with Crippen molar-refractivity contribution < 1.29 is 9.59 Å². The lowest BCUT2D eigenvalue weighted by Crippen LogP contribution is -2.49. The summed E-state index contributed by atoms with van der Waals surface area (Å²) in [5.74, 6) is -0.104. The van der Waals surface area contributed by atoms with Crippen molar-refractivity contribution >= 4 is 23.0 Å². The number of fused-ring (bicyclic) bond motifs is 1. The topological polar surface area (TPSA) is 70.0 Å². The van der Waals surface area contributed by atoms with Gasteiger partial charge < -0.3 is 15.1 Å². The molecule has 4 rings (SSSR count). The number of piperazine rings is 1. The molecule has 1 saturated heterocycles. The number of hydrogen-bond acceptors (Lipinski definition) is 4. The molecule has 1 N–H and O–H groups in total. The second kappa shape index (κ2) is 8.34. The van der Waals surface area contributed by atoms with Gasteiger partial charge in [-0.15, -0.1) is 0 Å². The summed E-state index contributed by atoms with van der Waals surface area (Å²) in [6.07, 6.45) is 2.63. The van der Waals surface area contributed by atoms with Gasteiger partial charge in [0.1, 0.15) is 0 Å². The molecular weight excluding hydrogens is 366 g/mol. The first-order chi connectivity index (χ1) is 14.2. The number of carbonyl (C=O) groups excluding carboxylic acids is 2. The number of hydrogen-bond donors (Lipinski definition) is 1. The monoisotopic (exact) mass is 391 g/mol. The van der Waals surface area contributed by atoms with Crippen molar-refractivity contribution in [3.8, 4) is 0 Å². The number of anilines is 1. The van der Waals surface area contributed by atoms with Gasteiger partial charge in [-0.25, -0.2) is 4.98 Å². The van der Waals surface area contributed by atoms with Gasteiger partial charge in [-0.3, -0.25) is 14.0 Å². The highest BCUT2D eigenvalue weighted by molar-refractivity contribution is 6.02. The minimum Gasteiger partial charge on any atom is -0.368 e. The van der Waals surface area contributed by atoms with Crippen LogP contribution < -0.4 is 10.2 Å². The molecule has 0 aliphatic carbocycles. The fourth-order valence-corrected chi connectivity index (χ4v) is 3.63. The van der Waals surface area contributed by atoms with Gasteiger partial charge in [0, 0.05) is 44.6 Å². The van der Waals surface area contributed by atoms with Crippen molar-refractivity contribution in [2.24, 2.45) is 0 Å². The summed E-state index contributed by atoms with van der Waals surface area (Å²) < 4.78 is 1.72. The molecule has 1 aromatic carbocycles. The maximum atomic E-state index is 13.2. The lowest BCUT2D eigenvalue weighted by molar-refractivity contribution is 0.0733. The fraction of sp³-hybridized carbons (Fsp3) is 0.318. The van der Waals surface area contributed by atoms with E-state index in [9.17, 15) is 9.59 Å². The number of rotatable bonds is 5. The van der Waals surface area contributed by atoms with Gasteiger partial charge in [0.15, 0.2) is 5.69 Å². The summed E-state index contributed by atoms with van der Waals surface area (Å²) in [6, 6.07) is 15.7. The Kier molecular flexibility index (Phi) is 5.46. The Morgan fingerprint density at radius 2 is 1.72 bits per heavy atom. The van der Waals surface area contributed by atoms with Crippen LogP contribution in [0.3, 0.4) is 0 Å². The molecule has 1 aliphatic rings. The normalized spacial score (nSPS) is 14.2. The molecule has 1 fully saturated rings. The molecule has 1 aliphatic heterocycles. The summed E-state index contributed by atoms with van der Waals surface area (Å²) in [4.78, 5) is 34.2. The van der Waals surface area contributed by atoms with E-state index in [1.165, 1.54) is 5.69 Å². The van der Waals surface area contributed by atoms with E-state index >= 15 is 0 Å². The summed E-state index contributed by atoms with van der Waals surface area (Å²) in [6.45, 7) is 5.34. The Hall–Kier alpha value is -3.35. The van der Waals surface area contributed by atoms with Gasteiger partial charge in [-0.2, -0.15) is 0 Å². The van der Waals surface area contributed by atoms with Gasteiger partial charge in [0.05, 0.1) is 5.52 Å². The van der Waals surface area contributed by atoms with Crippen LogP contribution in [0, 0.1) is 0 Å². The number of nitrogens with one attached hydrogen (secondary N) is 1. The van der Waals surface area contributed by atoms with E-state index in [0.29, 0.717) is 30.8 Å². The SMILES string of the molecule is CCCNC(=O)c1nc(C(=O)N2CCN(c3ccccc3)CC2)n2ccccc12. The molecule has 0 unspecified atom stereocenters. The van der Waals surface area contributed by atoms with Crippen LogP contribution in [0.2, 0.25) is 0 Å². The highest BCUT2D eigenvalue weighted by Crippen LogP contribution is 2.19. The second-order valence-corrected chi connectivity index (χ2v) is 7.11. The van der Waals surface area contributed by atoms with Gasteiger partial charge in [0.2, 0.25) is 5.82 Å². The molecule has 0 bridgehead atoms. The zero-order valence-electron chi connectivity index (χ0n) is 16.5. The highest BCUT2D eigenvalue weighted by atomic mass is 16.2. The Morgan fingerprint density at radius 1 is 1.00 bits per heavy atom. The summed E-state index contributed by atoms with van der Waals surface area (Å²) in [5.41, 5.74) is 2.11. The molecule has 3 heterocycles. The number of para-hydroxylation sites is 1. The smallest absolute Gasteiger partial charge is 0.290 e. The van der Waals surface area contributed by atoms with E-state index in [2.05, 4.69) is 27.3 Å². The minimum atomic E-state index is -0.247. The molecule has 7 nitrogen and oxygen atoms in total. The lowest BCUT2D eigenvalue weighted by Gasteiger charge is -2.35. The third-order valence-electron chi connectivity index (χ3n) is 5.18. The summed E-state index contributed by atoms with van der Waals surface area (Å²) in [7, 11) is 0. The van der Waals surface area contributed by atoms with E-state index in [-0.39, 0.29) is 17.6 Å². The molecule has 150 valence electrons. The van der Waals surface area contributed by atoms with Crippen LogP contribution in [0.1, 0.15) is 34.5 Å². The lowest BCUT2D eigenvalue weighted by atomic mass is 10.2. The third-order valence-corrected chi connectivity index (χ3v) is 5.18. The Morgan fingerprint density at radius 3 is 2.45 bits per heavy atom. The molecule has 0 spiro atoms. The first-order valence-corrected chi connectivity index (χ1v) is 10.0. The number of nitrogens with zero attached hydrogens (tertiary/aromatic N) is 4. The van der Waals surface area contributed by atoms with Crippen LogP contribution >= 0.6 is 0 Å². The number of carbonyl (C=O) groups is 2. The number of amides is 2. The first kappa shape index (κ1) is 19.0. The van der Waals surface area contributed by atoms with Crippen LogP contribution in [-0.2, 0) is 0 Å². The number of imidazole rings is 1. The standard InChI is InChI=1S/C22H25N5O2/c1-2-11-23-21(28)19-18-10-6-7-12-27(18)20(24-19)22(29)26-15-13-25(14-16-26)17-8-4-3-5-9-17/h3-10,12H,2,11,13-16H2,1H3,(H,23,28). The van der Waals surface area contributed by atoms with E-state index in [1.54, 1.807) is 10.6 Å². The summed E-state index contributed by atoms with van der Waals surface area (Å²) >= 11 is 0. The van der Waals surface area contributed by atoms with Crippen LogP contribution in [-0.4, -0.2) is 58.8 Å². The van der Waals surface area contributed by atoms with Gasteiger partial charge in [-0.1, -0.05) is 31.2 Å². The van der Waals surface area contributed by atoms with E-state index < -0.39 is 0 Å². The highest BCUT2D eigenvalue weighted by Gasteiger charge is 2.27. The van der Waals surface area contributed by atoms with Crippen molar-refractivity contribution in [2.45, 2.75) is 13.3 Å². The largest absolute Gasteiger partial charge is 0.368 e. The number of benzene rings is 1. The maximum Gasteiger partial charge on any atom is 0.290 e. The minimum absolute atomic E-state index is 0.145. The predicted molar refractivity (Wildman–Crippen MR) is 112 cm³/mol. The van der Waals surface area contributed by atoms with Crippen LogP contribution in [0.25, 0.3) is 5.52 Å². The molecule has 0 saturated carbocycles. The molecule has 0 atom stereocenters. The van der Waals surface area contributed by atoms with Crippen molar-refractivity contribution in [1.82, 2.24) is 19.6 Å². The van der Waals surface area contributed by atoms with Crippen LogP contribution in [0.4, 0.5) is 5.69 Å². The molecule has 2 amide bonds. The van der Waals surface area contributed by atoms with Crippen LogP contribution in [0.5, 0.6) is 0 Å². The zero-order chi connectivity index (χ0) is 20.2. The Bertz CT molecular complexity index is 1010. The molecule has 3 aromatic rings. The number of aromatic nitrogens is 2. The predicted octanol–water partition coefficient (Wildman–Crippen LogP) is 2.44. The Labute approximate surface area is 169 Å². The van der Waals surface area contributed by atoms with Crippen molar-refractivity contribution in [1.29, 1.82) is 0 Å². The molecule has 29 heavy (non-hydrogen) atoms. The number of pyridine rings is 1. The van der Waals surface area contributed by atoms with Gasteiger partial charge >= 0.3 is 0 Å². The van der Waals surface area contributed by atoms with E-state index in [1.807, 2.05) is 48.2 Å². The average Bonchev–Trinajstić information content (AvgIpc) is 3.17. The second-order valence-electron chi connectivity index (χ2n) is 7.11. The van der Waals surface area contributed by atoms with E-state index in [4.69, 9.17) is 0 Å². The average molecular weight is 391 g/mol. The molecule has 0 radical (unpaired) electrons. The van der Waals surface area contributed by atoms with Crippen molar-refractivity contribution in [2.75, 3.05) is 37.6 Å². The van der Waals surface area contributed by atoms with E-state index in [0.717, 1.165) is 19.5 Å². The molecular formula is C22H25N5O2. The van der Waals surface area contributed by atoms with Crippen molar-refractivity contribution in [3.63, 3.8) is 0 Å². The Balaban J connectivity index is 1.54. The van der Waals surface area contributed by atoms with Gasteiger partial charge in [0.25, 0.3) is 11.8 Å². The van der Waals surface area contributed by atoms with Crippen molar-refractivity contribution in [3.05, 3.63) is 66.2 Å². The fourth-order valence-electron chi connectivity index (χ4n) is 3.63. The molecule has 2 aromatic heterocycles. The summed E-state index contributed by atoms with van der Waals surface area (Å²) in [5, 5.41) is 2.85. The zero-order valence-corrected chi connectivity index (χ0v) is 16.5.